The average molecular weight is 488 g/mol. The molecule has 0 spiro atoms. The van der Waals surface area contributed by atoms with Crippen LogP contribution in [0.5, 0.6) is 5.75 Å². The molecule has 10 heteroatoms. The van der Waals surface area contributed by atoms with Gasteiger partial charge in [-0.1, -0.05) is 18.9 Å². The Bertz CT molecular complexity index is 1010. The molecule has 10 nitrogen and oxygen atoms in total. The lowest BCUT2D eigenvalue weighted by atomic mass is 10.0. The lowest BCUT2D eigenvalue weighted by Gasteiger charge is -2.32. The quantitative estimate of drug-likeness (QED) is 0.420. The lowest BCUT2D eigenvalue weighted by Crippen LogP contribution is -2.54. The topological polar surface area (TPSA) is 122 Å². The van der Waals surface area contributed by atoms with Crippen LogP contribution in [-0.2, 0) is 14.3 Å². The van der Waals surface area contributed by atoms with E-state index in [2.05, 4.69) is 5.32 Å². The van der Waals surface area contributed by atoms with Gasteiger partial charge in [0.2, 0.25) is 5.91 Å². The van der Waals surface area contributed by atoms with Gasteiger partial charge in [-0.15, -0.1) is 0 Å². The first-order valence-electron chi connectivity index (χ1n) is 11.9. The number of alkyl carbamates (subject to hydrolysis) is 1. The molecule has 1 unspecified atom stereocenters. The fourth-order valence-corrected chi connectivity index (χ4v) is 4.08. The summed E-state index contributed by atoms with van der Waals surface area (Å²) in [6, 6.07) is 3.83. The van der Waals surface area contributed by atoms with Crippen molar-refractivity contribution in [2.24, 2.45) is 0 Å². The van der Waals surface area contributed by atoms with E-state index in [0.717, 1.165) is 35.5 Å². The summed E-state index contributed by atoms with van der Waals surface area (Å²) in [5.74, 6) is -1.70. The van der Waals surface area contributed by atoms with Crippen molar-refractivity contribution in [3.63, 3.8) is 0 Å². The van der Waals surface area contributed by atoms with Gasteiger partial charge in [0.25, 0.3) is 17.7 Å². The smallest absolute Gasteiger partial charge is 0.407 e. The normalized spacial score (nSPS) is 18.1. The summed E-state index contributed by atoms with van der Waals surface area (Å²) in [4.78, 5) is 64.0. The maximum atomic E-state index is 13.1. The summed E-state index contributed by atoms with van der Waals surface area (Å²) in [6.07, 6.45) is 3.06. The molecule has 1 atom stereocenters. The molecule has 5 amide bonds. The van der Waals surface area contributed by atoms with Crippen molar-refractivity contribution in [1.82, 2.24) is 15.1 Å². The number of fused-ring (bicyclic) bond motifs is 1. The van der Waals surface area contributed by atoms with E-state index in [9.17, 15) is 24.0 Å². The lowest BCUT2D eigenvalue weighted by molar-refractivity contribution is -0.149. The molecule has 0 aromatic heterocycles. The van der Waals surface area contributed by atoms with Gasteiger partial charge in [-0.25, -0.2) is 4.79 Å². The second kappa shape index (κ2) is 10.9. The van der Waals surface area contributed by atoms with E-state index in [4.69, 9.17) is 9.47 Å². The molecule has 0 aliphatic carbocycles. The van der Waals surface area contributed by atoms with Crippen LogP contribution >= 0.6 is 0 Å². The van der Waals surface area contributed by atoms with E-state index in [1.54, 1.807) is 18.2 Å². The van der Waals surface area contributed by atoms with Gasteiger partial charge >= 0.3 is 6.09 Å². The number of hydrogen-bond donors (Lipinski definition) is 1. The Morgan fingerprint density at radius 2 is 1.77 bits per heavy atom. The molecule has 35 heavy (non-hydrogen) atoms. The molecule has 3 rings (SSSR count). The molecule has 0 saturated carbocycles. The van der Waals surface area contributed by atoms with Crippen LogP contribution in [0.25, 0.3) is 0 Å². The standard InChI is InChI=1S/C25H33N3O7/c1-25(2,3)35-24(33)26-14-7-5-6-8-15-34-18-11-9-10-16-20(18)23(32)28(21(16)30)17-12-13-19(29)27(4)22(17)31/h9-11,17H,5-8,12-15H2,1-4H3,(H,26,33). The number of nitrogens with zero attached hydrogens (tertiary/aromatic N) is 2. The van der Waals surface area contributed by atoms with Gasteiger partial charge in [0.05, 0.1) is 17.7 Å². The fraction of sp³-hybridized carbons (Fsp3) is 0.560. The monoisotopic (exact) mass is 487 g/mol. The molecule has 1 N–H and O–H groups in total. The number of piperidine rings is 1. The number of carbonyl (C=O) groups excluding carboxylic acids is 5. The van der Waals surface area contributed by atoms with E-state index in [1.807, 2.05) is 20.8 Å². The molecule has 1 fully saturated rings. The summed E-state index contributed by atoms with van der Waals surface area (Å²) in [5, 5.41) is 2.72. The molecule has 1 saturated heterocycles. The summed E-state index contributed by atoms with van der Waals surface area (Å²) >= 11 is 0. The number of ether oxygens (including phenoxy) is 2. The molecule has 2 aliphatic rings. The first-order chi connectivity index (χ1) is 16.5. The van der Waals surface area contributed by atoms with Crippen LogP contribution in [0.4, 0.5) is 4.79 Å². The first-order valence-corrected chi connectivity index (χ1v) is 11.9. The van der Waals surface area contributed by atoms with Gasteiger partial charge in [-0.2, -0.15) is 0 Å². The Morgan fingerprint density at radius 3 is 2.49 bits per heavy atom. The Kier molecular flexibility index (Phi) is 8.14. The van der Waals surface area contributed by atoms with Crippen molar-refractivity contribution in [3.8, 4) is 5.75 Å². The first kappa shape index (κ1) is 26.2. The van der Waals surface area contributed by atoms with E-state index in [1.165, 1.54) is 7.05 Å². The molecule has 190 valence electrons. The minimum atomic E-state index is -0.993. The third kappa shape index (κ3) is 6.17. The second-order valence-electron chi connectivity index (χ2n) is 9.70. The van der Waals surface area contributed by atoms with E-state index >= 15 is 0 Å². The van der Waals surface area contributed by atoms with Gasteiger partial charge in [0.15, 0.2) is 0 Å². The molecular formula is C25H33N3O7. The molecule has 1 aromatic rings. The van der Waals surface area contributed by atoms with Crippen LogP contribution in [0.1, 0.15) is 80.0 Å². The third-order valence-corrected chi connectivity index (χ3v) is 5.84. The number of unbranched alkanes of at least 4 members (excludes halogenated alkanes) is 3. The van der Waals surface area contributed by atoms with Crippen LogP contribution < -0.4 is 10.1 Å². The van der Waals surface area contributed by atoms with Crippen LogP contribution in [0.3, 0.4) is 0 Å². The third-order valence-electron chi connectivity index (χ3n) is 5.84. The van der Waals surface area contributed by atoms with Crippen LogP contribution in [-0.4, -0.2) is 71.4 Å². The number of nitrogens with one attached hydrogen (secondary N) is 1. The molecule has 1 aromatic carbocycles. The van der Waals surface area contributed by atoms with Crippen molar-refractivity contribution < 1.29 is 33.4 Å². The van der Waals surface area contributed by atoms with Crippen molar-refractivity contribution in [2.45, 2.75) is 70.9 Å². The van der Waals surface area contributed by atoms with E-state index in [-0.39, 0.29) is 29.9 Å². The minimum Gasteiger partial charge on any atom is -0.493 e. The summed E-state index contributed by atoms with van der Waals surface area (Å²) in [7, 11) is 1.36. The number of likely N-dealkylation sites (N-methyl/N-ethyl adjacent to an activating group) is 1. The summed E-state index contributed by atoms with van der Waals surface area (Å²) in [6.45, 7) is 6.32. The van der Waals surface area contributed by atoms with Gasteiger partial charge in [0, 0.05) is 20.0 Å². The van der Waals surface area contributed by atoms with Crippen LogP contribution in [0.2, 0.25) is 0 Å². The zero-order valence-corrected chi connectivity index (χ0v) is 20.7. The zero-order chi connectivity index (χ0) is 25.8. The van der Waals surface area contributed by atoms with Gasteiger partial charge in [-0.3, -0.25) is 29.0 Å². The highest BCUT2D eigenvalue weighted by Gasteiger charge is 2.47. The van der Waals surface area contributed by atoms with Crippen LogP contribution in [0, 0.1) is 0 Å². The zero-order valence-electron chi connectivity index (χ0n) is 20.7. The Morgan fingerprint density at radius 1 is 1.06 bits per heavy atom. The predicted octanol–water partition coefficient (Wildman–Crippen LogP) is 2.89. The Labute approximate surface area is 204 Å². The number of carbonyl (C=O) groups is 5. The summed E-state index contributed by atoms with van der Waals surface area (Å²) in [5.41, 5.74) is -0.164. The molecule has 0 radical (unpaired) electrons. The molecular weight excluding hydrogens is 454 g/mol. The van der Waals surface area contributed by atoms with Crippen molar-refractivity contribution in [3.05, 3.63) is 29.3 Å². The highest BCUT2D eigenvalue weighted by atomic mass is 16.6. The maximum Gasteiger partial charge on any atom is 0.407 e. The second-order valence-corrected chi connectivity index (χ2v) is 9.70. The number of amides is 5. The highest BCUT2D eigenvalue weighted by Crippen LogP contribution is 2.34. The largest absolute Gasteiger partial charge is 0.493 e. The van der Waals surface area contributed by atoms with Gasteiger partial charge in [0.1, 0.15) is 17.4 Å². The Hall–Kier alpha value is -3.43. The van der Waals surface area contributed by atoms with Gasteiger partial charge < -0.3 is 14.8 Å². The van der Waals surface area contributed by atoms with Crippen molar-refractivity contribution in [1.29, 1.82) is 0 Å². The van der Waals surface area contributed by atoms with E-state index < -0.39 is 35.5 Å². The number of hydrogen-bond acceptors (Lipinski definition) is 7. The van der Waals surface area contributed by atoms with Gasteiger partial charge in [-0.05, 0) is 52.2 Å². The van der Waals surface area contributed by atoms with Crippen molar-refractivity contribution in [2.75, 3.05) is 20.2 Å². The van der Waals surface area contributed by atoms with Crippen molar-refractivity contribution >= 4 is 29.7 Å². The number of rotatable bonds is 9. The number of imide groups is 2. The fourth-order valence-electron chi connectivity index (χ4n) is 4.08. The molecule has 2 heterocycles. The average Bonchev–Trinajstić information content (AvgIpc) is 3.04. The molecule has 2 aliphatic heterocycles. The summed E-state index contributed by atoms with van der Waals surface area (Å²) < 4.78 is 11.0. The SMILES string of the molecule is CN1C(=O)CCC(N2C(=O)c3cccc(OCCCCCCNC(=O)OC(C)(C)C)c3C2=O)C1=O. The van der Waals surface area contributed by atoms with Crippen LogP contribution in [0.15, 0.2) is 18.2 Å². The van der Waals surface area contributed by atoms with E-state index in [0.29, 0.717) is 18.9 Å². The highest BCUT2D eigenvalue weighted by molar-refractivity contribution is 6.24. The minimum absolute atomic E-state index is 0.0942. The maximum absolute atomic E-state index is 13.1. The molecule has 0 bridgehead atoms. The Balaban J connectivity index is 1.48. The number of benzene rings is 1. The number of likely N-dealkylation sites (tertiary alicyclic amines) is 1. The predicted molar refractivity (Wildman–Crippen MR) is 126 cm³/mol.